The summed E-state index contributed by atoms with van der Waals surface area (Å²) in [6.07, 6.45) is 0. The molecule has 0 saturated carbocycles. The first kappa shape index (κ1) is 25.5. The van der Waals surface area contributed by atoms with Crippen LogP contribution in [0.15, 0.2) is 76.5 Å². The van der Waals surface area contributed by atoms with Crippen molar-refractivity contribution in [2.24, 2.45) is 0 Å². The predicted molar refractivity (Wildman–Crippen MR) is 137 cm³/mol. The second-order valence-electron chi connectivity index (χ2n) is 7.34. The van der Waals surface area contributed by atoms with Gasteiger partial charge in [0.05, 0.1) is 30.5 Å². The first-order valence-corrected chi connectivity index (χ1v) is 13.1. The van der Waals surface area contributed by atoms with E-state index in [1.54, 1.807) is 48.2 Å². The summed E-state index contributed by atoms with van der Waals surface area (Å²) in [4.78, 5) is 14.1. The van der Waals surface area contributed by atoms with Gasteiger partial charge in [-0.25, -0.2) is 8.42 Å². The van der Waals surface area contributed by atoms with Crippen LogP contribution >= 0.6 is 11.8 Å². The molecule has 0 aliphatic heterocycles. The lowest BCUT2D eigenvalue weighted by atomic mass is 10.2. The van der Waals surface area contributed by atoms with Crippen molar-refractivity contribution in [2.45, 2.75) is 23.6 Å². The van der Waals surface area contributed by atoms with Crippen molar-refractivity contribution in [2.75, 3.05) is 36.1 Å². The Morgan fingerprint density at radius 1 is 0.971 bits per heavy atom. The average molecular weight is 501 g/mol. The molecule has 0 saturated heterocycles. The van der Waals surface area contributed by atoms with Crippen LogP contribution in [0.4, 0.5) is 11.4 Å². The third-order valence-electron chi connectivity index (χ3n) is 5.01. The van der Waals surface area contributed by atoms with Crippen LogP contribution < -0.4 is 19.1 Å². The molecule has 1 amide bonds. The molecule has 7 nitrogen and oxygen atoms in total. The van der Waals surface area contributed by atoms with Crippen LogP contribution in [-0.4, -0.2) is 40.8 Å². The quantitative estimate of drug-likeness (QED) is 0.396. The van der Waals surface area contributed by atoms with E-state index in [4.69, 9.17) is 9.47 Å². The minimum Gasteiger partial charge on any atom is -0.493 e. The van der Waals surface area contributed by atoms with Gasteiger partial charge in [-0.1, -0.05) is 36.8 Å². The van der Waals surface area contributed by atoms with E-state index in [-0.39, 0.29) is 10.6 Å². The number of nitrogens with one attached hydrogen (secondary N) is 1. The van der Waals surface area contributed by atoms with E-state index < -0.39 is 22.5 Å². The Balaban J connectivity index is 2.00. The smallest absolute Gasteiger partial charge is 0.264 e. The SMILES string of the molecule is CCSc1ccccc1NC(=O)CN(c1ccc(OC)c(OC)c1)S(=O)(=O)c1ccc(C)cc1. The third-order valence-corrected chi connectivity index (χ3v) is 7.76. The van der Waals surface area contributed by atoms with Crippen molar-refractivity contribution in [1.29, 1.82) is 0 Å². The van der Waals surface area contributed by atoms with Gasteiger partial charge in [-0.3, -0.25) is 9.10 Å². The maximum atomic E-state index is 13.6. The number of amides is 1. The van der Waals surface area contributed by atoms with Gasteiger partial charge in [-0.15, -0.1) is 11.8 Å². The Hall–Kier alpha value is -3.17. The molecule has 0 aliphatic carbocycles. The standard InChI is InChI=1S/C25H28N2O5S2/c1-5-33-24-9-7-6-8-21(24)26-25(28)17-27(19-12-15-22(31-3)23(16-19)32-4)34(29,30)20-13-10-18(2)11-14-20/h6-16H,5,17H2,1-4H3,(H,26,28). The number of sulfonamides is 1. The number of benzene rings is 3. The monoisotopic (exact) mass is 500 g/mol. The molecule has 34 heavy (non-hydrogen) atoms. The summed E-state index contributed by atoms with van der Waals surface area (Å²) in [7, 11) is -1.09. The van der Waals surface area contributed by atoms with Crippen LogP contribution in [0.1, 0.15) is 12.5 Å². The number of carbonyl (C=O) groups is 1. The molecule has 0 spiro atoms. The molecule has 0 bridgehead atoms. The van der Waals surface area contributed by atoms with Gasteiger partial charge in [0, 0.05) is 11.0 Å². The van der Waals surface area contributed by atoms with E-state index in [2.05, 4.69) is 5.32 Å². The van der Waals surface area contributed by atoms with Gasteiger partial charge >= 0.3 is 0 Å². The number of anilines is 2. The van der Waals surface area contributed by atoms with Crippen LogP contribution in [0.3, 0.4) is 0 Å². The Morgan fingerprint density at radius 3 is 2.29 bits per heavy atom. The van der Waals surface area contributed by atoms with Gasteiger partial charge in [0.2, 0.25) is 5.91 Å². The summed E-state index contributed by atoms with van der Waals surface area (Å²) in [6.45, 7) is 3.48. The van der Waals surface area contributed by atoms with Crippen LogP contribution in [0, 0.1) is 6.92 Å². The van der Waals surface area contributed by atoms with Crippen LogP contribution in [0.2, 0.25) is 0 Å². The Kier molecular flexibility index (Phi) is 8.46. The van der Waals surface area contributed by atoms with E-state index in [1.165, 1.54) is 26.4 Å². The van der Waals surface area contributed by atoms with E-state index >= 15 is 0 Å². The number of nitrogens with zero attached hydrogens (tertiary/aromatic N) is 1. The number of hydrogen-bond donors (Lipinski definition) is 1. The first-order valence-electron chi connectivity index (χ1n) is 10.6. The molecule has 3 rings (SSSR count). The molecule has 0 aromatic heterocycles. The number of para-hydroxylation sites is 1. The van der Waals surface area contributed by atoms with Crippen molar-refractivity contribution in [3.8, 4) is 11.5 Å². The molecule has 0 aliphatic rings. The molecule has 1 N–H and O–H groups in total. The zero-order valence-corrected chi connectivity index (χ0v) is 21.2. The summed E-state index contributed by atoms with van der Waals surface area (Å²) in [5.74, 6) is 1.18. The molecular weight excluding hydrogens is 472 g/mol. The largest absolute Gasteiger partial charge is 0.493 e. The number of thioether (sulfide) groups is 1. The fourth-order valence-electron chi connectivity index (χ4n) is 3.30. The average Bonchev–Trinajstić information content (AvgIpc) is 2.83. The maximum absolute atomic E-state index is 13.6. The van der Waals surface area contributed by atoms with Crippen molar-refractivity contribution < 1.29 is 22.7 Å². The molecular formula is C25H28N2O5S2. The topological polar surface area (TPSA) is 84.9 Å². The number of aryl methyl sites for hydroxylation is 1. The van der Waals surface area contributed by atoms with Crippen molar-refractivity contribution in [1.82, 2.24) is 0 Å². The van der Waals surface area contributed by atoms with E-state index in [0.717, 1.165) is 20.5 Å². The molecule has 0 unspecified atom stereocenters. The fraction of sp³-hybridized carbons (Fsp3) is 0.240. The van der Waals surface area contributed by atoms with Crippen LogP contribution in [0.25, 0.3) is 0 Å². The summed E-state index contributed by atoms with van der Waals surface area (Å²) in [5, 5.41) is 2.86. The summed E-state index contributed by atoms with van der Waals surface area (Å²) >= 11 is 1.59. The zero-order chi connectivity index (χ0) is 24.7. The molecule has 3 aromatic carbocycles. The lowest BCUT2D eigenvalue weighted by Crippen LogP contribution is -2.38. The highest BCUT2D eigenvalue weighted by atomic mass is 32.2. The second-order valence-corrected chi connectivity index (χ2v) is 10.5. The predicted octanol–water partition coefficient (Wildman–Crippen LogP) is 4.96. The molecule has 0 radical (unpaired) electrons. The van der Waals surface area contributed by atoms with Gasteiger partial charge in [-0.05, 0) is 49.1 Å². The summed E-state index contributed by atoms with van der Waals surface area (Å²) < 4.78 is 39.0. The zero-order valence-electron chi connectivity index (χ0n) is 19.6. The number of ether oxygens (including phenoxy) is 2. The first-order chi connectivity index (χ1) is 16.3. The highest BCUT2D eigenvalue weighted by Crippen LogP contribution is 2.34. The number of hydrogen-bond acceptors (Lipinski definition) is 6. The minimum absolute atomic E-state index is 0.0858. The molecule has 0 heterocycles. The highest BCUT2D eigenvalue weighted by molar-refractivity contribution is 7.99. The summed E-state index contributed by atoms with van der Waals surface area (Å²) in [6, 6.07) is 18.7. The fourth-order valence-corrected chi connectivity index (χ4v) is 5.48. The van der Waals surface area contributed by atoms with Crippen molar-refractivity contribution >= 4 is 39.1 Å². The normalized spacial score (nSPS) is 11.1. The van der Waals surface area contributed by atoms with Crippen LogP contribution in [-0.2, 0) is 14.8 Å². The lowest BCUT2D eigenvalue weighted by Gasteiger charge is -2.25. The highest BCUT2D eigenvalue weighted by Gasteiger charge is 2.28. The van der Waals surface area contributed by atoms with Crippen LogP contribution in [0.5, 0.6) is 11.5 Å². The minimum atomic E-state index is -4.05. The Morgan fingerprint density at radius 2 is 1.65 bits per heavy atom. The van der Waals surface area contributed by atoms with Gasteiger partial charge < -0.3 is 14.8 Å². The summed E-state index contributed by atoms with van der Waals surface area (Å²) in [5.41, 5.74) is 1.85. The number of carbonyl (C=O) groups excluding carboxylic acids is 1. The molecule has 0 fully saturated rings. The second kappa shape index (κ2) is 11.3. The number of methoxy groups -OCH3 is 2. The molecule has 0 atom stereocenters. The number of rotatable bonds is 10. The van der Waals surface area contributed by atoms with Crippen molar-refractivity contribution in [3.05, 3.63) is 72.3 Å². The molecule has 3 aromatic rings. The van der Waals surface area contributed by atoms with E-state index in [1.807, 2.05) is 32.0 Å². The molecule has 180 valence electrons. The maximum Gasteiger partial charge on any atom is 0.264 e. The van der Waals surface area contributed by atoms with Gasteiger partial charge in [0.25, 0.3) is 10.0 Å². The van der Waals surface area contributed by atoms with Gasteiger partial charge in [0.1, 0.15) is 6.54 Å². The third kappa shape index (κ3) is 5.84. The van der Waals surface area contributed by atoms with E-state index in [9.17, 15) is 13.2 Å². The molecule has 9 heteroatoms. The van der Waals surface area contributed by atoms with E-state index in [0.29, 0.717) is 17.2 Å². The van der Waals surface area contributed by atoms with Crippen molar-refractivity contribution in [3.63, 3.8) is 0 Å². The lowest BCUT2D eigenvalue weighted by molar-refractivity contribution is -0.114. The Bertz CT molecular complexity index is 1240. The Labute approximate surface area is 205 Å². The van der Waals surface area contributed by atoms with Gasteiger partial charge in [-0.2, -0.15) is 0 Å². The van der Waals surface area contributed by atoms with Gasteiger partial charge in [0.15, 0.2) is 11.5 Å².